The Balaban J connectivity index is 1.85. The van der Waals surface area contributed by atoms with E-state index in [-0.39, 0.29) is 11.7 Å². The van der Waals surface area contributed by atoms with Crippen molar-refractivity contribution in [3.63, 3.8) is 0 Å². The molecule has 1 fully saturated rings. The summed E-state index contributed by atoms with van der Waals surface area (Å²) in [4.78, 5) is 12.3. The van der Waals surface area contributed by atoms with Gasteiger partial charge in [0, 0.05) is 22.4 Å². The number of rotatable bonds is 3. The number of benzene rings is 1. The summed E-state index contributed by atoms with van der Waals surface area (Å²) >= 11 is 3.40. The van der Waals surface area contributed by atoms with E-state index in [2.05, 4.69) is 21.2 Å². The second-order valence-corrected chi connectivity index (χ2v) is 6.07. The molecule has 0 bridgehead atoms. The molecular weight excluding hydrogens is 323 g/mol. The molecule has 3 rings (SSSR count). The Morgan fingerprint density at radius 1 is 1.35 bits per heavy atom. The molecule has 1 aromatic carbocycles. The number of carbonyl (C=O) groups excluding carboxylic acids is 1. The predicted octanol–water partition coefficient (Wildman–Crippen LogP) is 4.29. The molecule has 1 aliphatic rings. The molecule has 1 amide bonds. The van der Waals surface area contributed by atoms with Crippen LogP contribution in [0.15, 0.2) is 34.9 Å². The molecule has 1 aromatic heterocycles. The van der Waals surface area contributed by atoms with E-state index >= 15 is 0 Å². The zero-order valence-electron chi connectivity index (χ0n) is 11.0. The first-order chi connectivity index (χ1) is 9.52. The Hall–Kier alpha value is -1.62. The van der Waals surface area contributed by atoms with Crippen molar-refractivity contribution >= 4 is 27.5 Å². The number of amides is 1. The fourth-order valence-electron chi connectivity index (χ4n) is 2.29. The van der Waals surface area contributed by atoms with Gasteiger partial charge in [0.15, 0.2) is 0 Å². The summed E-state index contributed by atoms with van der Waals surface area (Å²) in [5.74, 6) is -0.563. The third-order valence-corrected chi connectivity index (χ3v) is 3.72. The smallest absolute Gasteiger partial charge is 0.272 e. The summed E-state index contributed by atoms with van der Waals surface area (Å²) in [6, 6.07) is 6.71. The summed E-state index contributed by atoms with van der Waals surface area (Å²) in [6.45, 7) is 1.79. The van der Waals surface area contributed by atoms with Crippen LogP contribution in [0.25, 0.3) is 0 Å². The summed E-state index contributed by atoms with van der Waals surface area (Å²) in [7, 11) is 0. The molecule has 1 N–H and O–H groups in total. The highest BCUT2D eigenvalue weighted by Gasteiger charge is 2.27. The van der Waals surface area contributed by atoms with Gasteiger partial charge in [-0.15, -0.1) is 0 Å². The zero-order chi connectivity index (χ0) is 14.3. The summed E-state index contributed by atoms with van der Waals surface area (Å²) in [5.41, 5.74) is 1.85. The van der Waals surface area contributed by atoms with E-state index in [1.807, 2.05) is 10.8 Å². The van der Waals surface area contributed by atoms with Crippen molar-refractivity contribution in [1.82, 2.24) is 4.57 Å². The van der Waals surface area contributed by atoms with Crippen LogP contribution in [0.3, 0.4) is 0 Å². The number of aryl methyl sites for hydroxylation is 1. The maximum atomic E-state index is 13.3. The number of anilines is 1. The molecule has 104 valence electrons. The molecular formula is C15H14BrFN2O. The van der Waals surface area contributed by atoms with Gasteiger partial charge in [-0.25, -0.2) is 4.39 Å². The summed E-state index contributed by atoms with van der Waals surface area (Å²) < 4.78 is 16.2. The van der Waals surface area contributed by atoms with E-state index in [1.54, 1.807) is 19.1 Å². The lowest BCUT2D eigenvalue weighted by Gasteiger charge is -2.09. The Kier molecular flexibility index (Phi) is 3.38. The molecule has 2 aromatic rings. The first-order valence-corrected chi connectivity index (χ1v) is 7.28. The second kappa shape index (κ2) is 5.05. The zero-order valence-corrected chi connectivity index (χ0v) is 12.6. The molecule has 1 heterocycles. The molecule has 0 saturated heterocycles. The van der Waals surface area contributed by atoms with Gasteiger partial charge in [-0.2, -0.15) is 0 Å². The molecule has 0 atom stereocenters. The Bertz CT molecular complexity index is 656. The number of carbonyl (C=O) groups is 1. The minimum Gasteiger partial charge on any atom is -0.339 e. The third kappa shape index (κ3) is 2.77. The van der Waals surface area contributed by atoms with Crippen LogP contribution < -0.4 is 5.32 Å². The summed E-state index contributed by atoms with van der Waals surface area (Å²) in [5, 5.41) is 2.76. The van der Waals surface area contributed by atoms with Crippen molar-refractivity contribution in [3.8, 4) is 0 Å². The van der Waals surface area contributed by atoms with E-state index in [0.29, 0.717) is 17.4 Å². The molecule has 0 unspecified atom stereocenters. The van der Waals surface area contributed by atoms with E-state index < -0.39 is 0 Å². The lowest BCUT2D eigenvalue weighted by molar-refractivity contribution is 0.101. The fraction of sp³-hybridized carbons (Fsp3) is 0.267. The Labute approximate surface area is 124 Å². The molecule has 0 spiro atoms. The third-order valence-electron chi connectivity index (χ3n) is 3.29. The van der Waals surface area contributed by atoms with E-state index in [4.69, 9.17) is 0 Å². The van der Waals surface area contributed by atoms with Gasteiger partial charge in [-0.1, -0.05) is 0 Å². The molecule has 5 heteroatoms. The first kappa shape index (κ1) is 13.4. The molecule has 20 heavy (non-hydrogen) atoms. The molecule has 1 aliphatic carbocycles. The standard InChI is InChI=1S/C15H14BrFN2O/c1-9-4-11(17)7-12(5-9)18-15(20)14-6-10(16)8-19(14)13-2-3-13/h4-8,13H,2-3H2,1H3,(H,18,20). The van der Waals surface area contributed by atoms with Gasteiger partial charge < -0.3 is 9.88 Å². The van der Waals surface area contributed by atoms with Crippen LogP contribution in [-0.4, -0.2) is 10.5 Å². The molecule has 3 nitrogen and oxygen atoms in total. The van der Waals surface area contributed by atoms with E-state index in [9.17, 15) is 9.18 Å². The minimum atomic E-state index is -0.348. The molecule has 0 aliphatic heterocycles. The van der Waals surface area contributed by atoms with Crippen LogP contribution in [0, 0.1) is 12.7 Å². The van der Waals surface area contributed by atoms with Crippen molar-refractivity contribution < 1.29 is 9.18 Å². The van der Waals surface area contributed by atoms with Crippen molar-refractivity contribution in [3.05, 3.63) is 52.0 Å². The van der Waals surface area contributed by atoms with Crippen LogP contribution in [-0.2, 0) is 0 Å². The lowest BCUT2D eigenvalue weighted by Crippen LogP contribution is -2.16. The van der Waals surface area contributed by atoms with Crippen LogP contribution in [0.2, 0.25) is 0 Å². The monoisotopic (exact) mass is 336 g/mol. The highest BCUT2D eigenvalue weighted by atomic mass is 79.9. The van der Waals surface area contributed by atoms with Crippen molar-refractivity contribution in [2.75, 3.05) is 5.32 Å². The first-order valence-electron chi connectivity index (χ1n) is 6.49. The maximum absolute atomic E-state index is 13.3. The van der Waals surface area contributed by atoms with Gasteiger partial charge >= 0.3 is 0 Å². The average molecular weight is 337 g/mol. The van der Waals surface area contributed by atoms with Crippen molar-refractivity contribution in [2.24, 2.45) is 0 Å². The quantitative estimate of drug-likeness (QED) is 0.891. The van der Waals surface area contributed by atoms with E-state index in [0.717, 1.165) is 22.9 Å². The van der Waals surface area contributed by atoms with E-state index in [1.165, 1.54) is 12.1 Å². The molecule has 1 saturated carbocycles. The lowest BCUT2D eigenvalue weighted by atomic mass is 10.2. The van der Waals surface area contributed by atoms with Gasteiger partial charge in [0.25, 0.3) is 5.91 Å². The van der Waals surface area contributed by atoms with Gasteiger partial charge in [-0.3, -0.25) is 4.79 Å². The van der Waals surface area contributed by atoms with Crippen molar-refractivity contribution in [2.45, 2.75) is 25.8 Å². The Morgan fingerprint density at radius 3 is 2.75 bits per heavy atom. The SMILES string of the molecule is Cc1cc(F)cc(NC(=O)c2cc(Br)cn2C2CC2)c1. The van der Waals surface area contributed by atoms with Gasteiger partial charge in [0.05, 0.1) is 0 Å². The fourth-order valence-corrected chi connectivity index (χ4v) is 2.72. The second-order valence-electron chi connectivity index (χ2n) is 5.15. The largest absolute Gasteiger partial charge is 0.339 e. The Morgan fingerprint density at radius 2 is 2.10 bits per heavy atom. The number of aromatic nitrogens is 1. The number of hydrogen-bond donors (Lipinski definition) is 1. The van der Waals surface area contributed by atoms with Crippen LogP contribution in [0.5, 0.6) is 0 Å². The summed E-state index contributed by atoms with van der Waals surface area (Å²) in [6.07, 6.45) is 4.12. The topological polar surface area (TPSA) is 34.0 Å². The maximum Gasteiger partial charge on any atom is 0.272 e. The average Bonchev–Trinajstić information content (AvgIpc) is 3.11. The number of nitrogens with zero attached hydrogens (tertiary/aromatic N) is 1. The number of hydrogen-bond acceptors (Lipinski definition) is 1. The number of halogens is 2. The van der Waals surface area contributed by atoms with Crippen LogP contribution >= 0.6 is 15.9 Å². The van der Waals surface area contributed by atoms with Gasteiger partial charge in [0.1, 0.15) is 11.5 Å². The minimum absolute atomic E-state index is 0.215. The normalized spacial score (nSPS) is 14.3. The van der Waals surface area contributed by atoms with Crippen LogP contribution in [0.4, 0.5) is 10.1 Å². The van der Waals surface area contributed by atoms with Crippen molar-refractivity contribution in [1.29, 1.82) is 0 Å². The van der Waals surface area contributed by atoms with Crippen LogP contribution in [0.1, 0.15) is 34.9 Å². The number of nitrogens with one attached hydrogen (secondary N) is 1. The highest BCUT2D eigenvalue weighted by molar-refractivity contribution is 9.10. The van der Waals surface area contributed by atoms with Gasteiger partial charge in [-0.05, 0) is 65.5 Å². The highest BCUT2D eigenvalue weighted by Crippen LogP contribution is 2.37. The molecule has 0 radical (unpaired) electrons. The predicted molar refractivity (Wildman–Crippen MR) is 79.5 cm³/mol. The van der Waals surface area contributed by atoms with Gasteiger partial charge in [0.2, 0.25) is 0 Å².